The second-order valence-corrected chi connectivity index (χ2v) is 5.81. The largest absolute Gasteiger partial charge is 0.431 e. The summed E-state index contributed by atoms with van der Waals surface area (Å²) in [6, 6.07) is 9.49. The Labute approximate surface area is 140 Å². The number of nitrogens with zero attached hydrogens (tertiary/aromatic N) is 4. The van der Waals surface area contributed by atoms with E-state index in [1.807, 2.05) is 18.3 Å². The third kappa shape index (κ3) is 3.69. The number of carbonyl (C=O) groups is 1. The van der Waals surface area contributed by atoms with Gasteiger partial charge < -0.3 is 4.74 Å². The molecule has 0 saturated heterocycles. The van der Waals surface area contributed by atoms with Crippen LogP contribution in [0.1, 0.15) is 49.4 Å². The van der Waals surface area contributed by atoms with Crippen LogP contribution in [0.5, 0.6) is 0 Å². The Kier molecular flexibility index (Phi) is 4.71. The van der Waals surface area contributed by atoms with E-state index in [4.69, 9.17) is 10.00 Å². The number of aromatic nitrogens is 3. The van der Waals surface area contributed by atoms with Gasteiger partial charge in [0.2, 0.25) is 0 Å². The van der Waals surface area contributed by atoms with Crippen molar-refractivity contribution in [3.05, 3.63) is 53.0 Å². The first kappa shape index (κ1) is 15.9. The van der Waals surface area contributed by atoms with E-state index >= 15 is 0 Å². The third-order valence-corrected chi connectivity index (χ3v) is 3.96. The van der Waals surface area contributed by atoms with Gasteiger partial charge in [0.15, 0.2) is 0 Å². The Hall–Kier alpha value is -2.94. The van der Waals surface area contributed by atoms with E-state index in [1.54, 1.807) is 16.8 Å². The zero-order valence-electron chi connectivity index (χ0n) is 13.5. The summed E-state index contributed by atoms with van der Waals surface area (Å²) in [5.74, 6) is 0.425. The molecule has 0 bridgehead atoms. The number of ether oxygens (including phenoxy) is 1. The molecule has 1 aliphatic carbocycles. The highest BCUT2D eigenvalue weighted by molar-refractivity contribution is 5.72. The summed E-state index contributed by atoms with van der Waals surface area (Å²) in [6.07, 6.45) is 5.56. The quantitative estimate of drug-likeness (QED) is 0.808. The van der Waals surface area contributed by atoms with Crippen molar-refractivity contribution in [1.29, 1.82) is 5.26 Å². The summed E-state index contributed by atoms with van der Waals surface area (Å²) < 4.78 is 7.10. The number of esters is 1. The molecule has 1 aromatic carbocycles. The molecule has 0 fully saturated rings. The Balaban J connectivity index is 1.80. The number of hydrogen-bond acceptors (Lipinski definition) is 5. The van der Waals surface area contributed by atoms with Crippen LogP contribution in [0, 0.1) is 11.3 Å². The first-order chi connectivity index (χ1) is 11.7. The van der Waals surface area contributed by atoms with Crippen molar-refractivity contribution in [2.24, 2.45) is 0 Å². The molecule has 0 saturated carbocycles. The van der Waals surface area contributed by atoms with Crippen molar-refractivity contribution in [1.82, 2.24) is 15.0 Å². The van der Waals surface area contributed by atoms with Crippen LogP contribution in [0.4, 0.5) is 0 Å². The molecule has 1 aliphatic rings. The normalized spacial score (nSPS) is 14.3. The second kappa shape index (κ2) is 7.09. The molecule has 0 spiro atoms. The summed E-state index contributed by atoms with van der Waals surface area (Å²) in [6.45, 7) is 2.00. The Morgan fingerprint density at radius 1 is 1.29 bits per heavy atom. The van der Waals surface area contributed by atoms with Gasteiger partial charge in [-0.25, -0.2) is 4.68 Å². The highest BCUT2D eigenvalue weighted by atomic mass is 16.5. The van der Waals surface area contributed by atoms with Gasteiger partial charge in [-0.15, -0.1) is 5.10 Å². The minimum atomic E-state index is -0.297. The second-order valence-electron chi connectivity index (χ2n) is 5.81. The van der Waals surface area contributed by atoms with E-state index in [9.17, 15) is 4.79 Å². The summed E-state index contributed by atoms with van der Waals surface area (Å²) in [5, 5.41) is 17.2. The first-order valence-electron chi connectivity index (χ1n) is 7.95. The predicted molar refractivity (Wildman–Crippen MR) is 87.4 cm³/mol. The van der Waals surface area contributed by atoms with Crippen molar-refractivity contribution in [3.8, 4) is 6.07 Å². The van der Waals surface area contributed by atoms with Gasteiger partial charge in [-0.05, 0) is 37.0 Å². The van der Waals surface area contributed by atoms with Crippen LogP contribution >= 0.6 is 0 Å². The maximum absolute atomic E-state index is 11.3. The van der Waals surface area contributed by atoms with Crippen LogP contribution in [0.25, 0.3) is 5.57 Å². The molecule has 0 N–H and O–H groups in total. The molecule has 6 nitrogen and oxygen atoms in total. The molecule has 0 atom stereocenters. The molecular weight excluding hydrogens is 304 g/mol. The van der Waals surface area contributed by atoms with Gasteiger partial charge >= 0.3 is 5.97 Å². The van der Waals surface area contributed by atoms with Crippen LogP contribution < -0.4 is 0 Å². The van der Waals surface area contributed by atoms with Crippen molar-refractivity contribution < 1.29 is 9.53 Å². The zero-order valence-corrected chi connectivity index (χ0v) is 13.5. The molecule has 1 heterocycles. The first-order valence-corrected chi connectivity index (χ1v) is 7.95. The van der Waals surface area contributed by atoms with Gasteiger partial charge in [0.1, 0.15) is 11.5 Å². The van der Waals surface area contributed by atoms with E-state index in [0.717, 1.165) is 48.3 Å². The summed E-state index contributed by atoms with van der Waals surface area (Å²) in [4.78, 5) is 11.3. The lowest BCUT2D eigenvalue weighted by molar-refractivity contribution is -0.137. The number of carbonyl (C=O) groups excluding carboxylic acids is 1. The highest BCUT2D eigenvalue weighted by Gasteiger charge is 2.19. The van der Waals surface area contributed by atoms with Gasteiger partial charge in [0.05, 0.1) is 24.4 Å². The SMILES string of the molecule is CC(=O)OC1=C(c2cn(Cc3ccc(C#N)cc3)nn2)CCCC1. The predicted octanol–water partition coefficient (Wildman–Crippen LogP) is 3.05. The standard InChI is InChI=1S/C18H18N4O2/c1-13(23)24-18-5-3-2-4-16(18)17-12-22(21-20-17)11-15-8-6-14(10-19)7-9-15/h6-9,12H,2-5,11H2,1H3. The van der Waals surface area contributed by atoms with Gasteiger partial charge in [-0.1, -0.05) is 17.3 Å². The van der Waals surface area contributed by atoms with Crippen molar-refractivity contribution in [3.63, 3.8) is 0 Å². The molecule has 3 rings (SSSR count). The number of nitriles is 1. The monoisotopic (exact) mass is 322 g/mol. The smallest absolute Gasteiger partial charge is 0.307 e. The van der Waals surface area contributed by atoms with Crippen LogP contribution in [-0.4, -0.2) is 21.0 Å². The van der Waals surface area contributed by atoms with Crippen molar-refractivity contribution >= 4 is 11.5 Å². The molecule has 6 heteroatoms. The van der Waals surface area contributed by atoms with E-state index in [0.29, 0.717) is 12.1 Å². The highest BCUT2D eigenvalue weighted by Crippen LogP contribution is 2.31. The van der Waals surface area contributed by atoms with Gasteiger partial charge in [0, 0.05) is 18.9 Å². The fraction of sp³-hybridized carbons (Fsp3) is 0.333. The van der Waals surface area contributed by atoms with Gasteiger partial charge in [-0.3, -0.25) is 4.79 Å². The van der Waals surface area contributed by atoms with E-state index in [2.05, 4.69) is 16.4 Å². The number of hydrogen-bond donors (Lipinski definition) is 0. The molecule has 0 aliphatic heterocycles. The van der Waals surface area contributed by atoms with E-state index in [1.165, 1.54) is 6.92 Å². The zero-order chi connectivity index (χ0) is 16.9. The Morgan fingerprint density at radius 3 is 2.75 bits per heavy atom. The van der Waals surface area contributed by atoms with Crippen LogP contribution in [-0.2, 0) is 16.1 Å². The van der Waals surface area contributed by atoms with Crippen molar-refractivity contribution in [2.75, 3.05) is 0 Å². The van der Waals surface area contributed by atoms with Gasteiger partial charge in [-0.2, -0.15) is 5.26 Å². The molecule has 0 amide bonds. The molecular formula is C18H18N4O2. The summed E-state index contributed by atoms with van der Waals surface area (Å²) in [7, 11) is 0. The average molecular weight is 322 g/mol. The topological polar surface area (TPSA) is 80.8 Å². The summed E-state index contributed by atoms with van der Waals surface area (Å²) in [5.41, 5.74) is 3.42. The lowest BCUT2D eigenvalue weighted by Gasteiger charge is -2.17. The molecule has 1 aromatic heterocycles. The fourth-order valence-electron chi connectivity index (χ4n) is 2.82. The number of rotatable bonds is 4. The molecule has 122 valence electrons. The van der Waals surface area contributed by atoms with Crippen LogP contribution in [0.15, 0.2) is 36.2 Å². The maximum atomic E-state index is 11.3. The summed E-state index contributed by atoms with van der Waals surface area (Å²) >= 11 is 0. The minimum absolute atomic E-state index is 0.297. The lowest BCUT2D eigenvalue weighted by atomic mass is 9.95. The third-order valence-electron chi connectivity index (χ3n) is 3.96. The Morgan fingerprint density at radius 2 is 2.04 bits per heavy atom. The number of allylic oxidation sites excluding steroid dienone is 2. The van der Waals surface area contributed by atoms with E-state index in [-0.39, 0.29) is 5.97 Å². The maximum Gasteiger partial charge on any atom is 0.307 e. The van der Waals surface area contributed by atoms with E-state index < -0.39 is 0 Å². The average Bonchev–Trinajstić information content (AvgIpc) is 3.04. The number of benzene rings is 1. The molecule has 0 unspecified atom stereocenters. The van der Waals surface area contributed by atoms with Gasteiger partial charge in [0.25, 0.3) is 0 Å². The van der Waals surface area contributed by atoms with Crippen LogP contribution in [0.2, 0.25) is 0 Å². The Bertz CT molecular complexity index is 812. The van der Waals surface area contributed by atoms with Crippen molar-refractivity contribution in [2.45, 2.75) is 39.2 Å². The fourth-order valence-corrected chi connectivity index (χ4v) is 2.82. The lowest BCUT2D eigenvalue weighted by Crippen LogP contribution is -2.06. The van der Waals surface area contributed by atoms with Crippen LogP contribution in [0.3, 0.4) is 0 Å². The molecule has 0 radical (unpaired) electrons. The minimum Gasteiger partial charge on any atom is -0.431 e. The molecule has 24 heavy (non-hydrogen) atoms. The molecule has 2 aromatic rings.